The van der Waals surface area contributed by atoms with Crippen molar-refractivity contribution in [3.8, 4) is 0 Å². The smallest absolute Gasteiger partial charge is 0.282 e. The van der Waals surface area contributed by atoms with Crippen LogP contribution in [0.1, 0.15) is 13.8 Å². The van der Waals surface area contributed by atoms with Gasteiger partial charge >= 0.3 is 0 Å². The van der Waals surface area contributed by atoms with Crippen LogP contribution < -0.4 is 0 Å². The second kappa shape index (κ2) is 5.19. The van der Waals surface area contributed by atoms with Gasteiger partial charge in [0, 0.05) is 26.2 Å². The molecule has 0 radical (unpaired) electrons. The minimum absolute atomic E-state index is 0.0467. The highest BCUT2D eigenvalue weighted by Crippen LogP contribution is 2.18. The Balaban J connectivity index is 2.08. The van der Waals surface area contributed by atoms with Crippen molar-refractivity contribution in [3.63, 3.8) is 0 Å². The topological polar surface area (TPSA) is 59.1 Å². The van der Waals surface area contributed by atoms with E-state index in [0.717, 1.165) is 0 Å². The van der Waals surface area contributed by atoms with Crippen LogP contribution in [-0.2, 0) is 19.7 Å². The average molecular weight is 264 g/mol. The fourth-order valence-electron chi connectivity index (χ4n) is 2.26. The summed E-state index contributed by atoms with van der Waals surface area (Å²) in [6.45, 7) is 6.53. The molecule has 7 heteroatoms. The largest absolute Gasteiger partial charge is 0.379 e. The zero-order valence-electron chi connectivity index (χ0n) is 10.3. The molecule has 100 valence electrons. The Hall–Kier alpha value is -0.210. The van der Waals surface area contributed by atoms with Gasteiger partial charge in [-0.15, -0.1) is 0 Å². The predicted molar refractivity (Wildman–Crippen MR) is 62.9 cm³/mol. The van der Waals surface area contributed by atoms with E-state index in [1.807, 2.05) is 13.8 Å². The SMILES string of the molecule is CC1CN(S(=O)(=O)N2CCOCC2)CC(C)O1. The molecule has 0 amide bonds. The molecule has 2 fully saturated rings. The minimum Gasteiger partial charge on any atom is -0.379 e. The van der Waals surface area contributed by atoms with Gasteiger partial charge in [-0.1, -0.05) is 0 Å². The first-order valence-corrected chi connectivity index (χ1v) is 7.38. The maximum atomic E-state index is 12.4. The normalized spacial score (nSPS) is 33.8. The molecule has 2 atom stereocenters. The maximum absolute atomic E-state index is 12.4. The Kier molecular flexibility index (Phi) is 4.04. The first kappa shape index (κ1) is 13.2. The number of nitrogens with zero attached hydrogens (tertiary/aromatic N) is 2. The fourth-order valence-corrected chi connectivity index (χ4v) is 3.99. The molecule has 0 spiro atoms. The van der Waals surface area contributed by atoms with E-state index in [-0.39, 0.29) is 12.2 Å². The summed E-state index contributed by atoms with van der Waals surface area (Å²) in [5.74, 6) is 0. The van der Waals surface area contributed by atoms with Gasteiger partial charge in [-0.25, -0.2) is 0 Å². The number of hydrogen-bond donors (Lipinski definition) is 0. The van der Waals surface area contributed by atoms with Crippen molar-refractivity contribution in [2.75, 3.05) is 39.4 Å². The fraction of sp³-hybridized carbons (Fsp3) is 1.00. The van der Waals surface area contributed by atoms with Crippen molar-refractivity contribution >= 4 is 10.2 Å². The Morgan fingerprint density at radius 1 is 1.00 bits per heavy atom. The van der Waals surface area contributed by atoms with Crippen LogP contribution in [0.25, 0.3) is 0 Å². The van der Waals surface area contributed by atoms with Crippen molar-refractivity contribution in [1.82, 2.24) is 8.61 Å². The van der Waals surface area contributed by atoms with E-state index in [0.29, 0.717) is 39.4 Å². The molecule has 0 aromatic carbocycles. The number of ether oxygens (including phenoxy) is 2. The predicted octanol–water partition coefficient (Wildman–Crippen LogP) is -0.327. The van der Waals surface area contributed by atoms with Crippen LogP contribution in [-0.4, -0.2) is 68.6 Å². The zero-order chi connectivity index (χ0) is 12.5. The molecule has 0 aromatic rings. The summed E-state index contributed by atoms with van der Waals surface area (Å²) in [4.78, 5) is 0. The van der Waals surface area contributed by atoms with Crippen LogP contribution in [0.2, 0.25) is 0 Å². The van der Waals surface area contributed by atoms with E-state index in [1.165, 1.54) is 8.61 Å². The molecule has 6 nitrogen and oxygen atoms in total. The highest BCUT2D eigenvalue weighted by Gasteiger charge is 2.35. The van der Waals surface area contributed by atoms with Gasteiger partial charge in [0.2, 0.25) is 0 Å². The van der Waals surface area contributed by atoms with Crippen molar-refractivity contribution in [1.29, 1.82) is 0 Å². The van der Waals surface area contributed by atoms with E-state index < -0.39 is 10.2 Å². The number of hydrogen-bond acceptors (Lipinski definition) is 4. The quantitative estimate of drug-likeness (QED) is 0.685. The van der Waals surface area contributed by atoms with Gasteiger partial charge in [-0.05, 0) is 13.8 Å². The van der Waals surface area contributed by atoms with E-state index in [4.69, 9.17) is 9.47 Å². The third kappa shape index (κ3) is 2.97. The second-order valence-corrected chi connectivity index (χ2v) is 6.52. The molecule has 0 aromatic heterocycles. The summed E-state index contributed by atoms with van der Waals surface area (Å²) in [7, 11) is -3.34. The minimum atomic E-state index is -3.34. The van der Waals surface area contributed by atoms with Crippen molar-refractivity contribution in [2.24, 2.45) is 0 Å². The lowest BCUT2D eigenvalue weighted by Crippen LogP contribution is -2.55. The van der Waals surface area contributed by atoms with Crippen molar-refractivity contribution in [2.45, 2.75) is 26.1 Å². The summed E-state index contributed by atoms with van der Waals surface area (Å²) in [6.07, 6.45) is -0.0934. The van der Waals surface area contributed by atoms with Gasteiger partial charge in [0.15, 0.2) is 0 Å². The molecule has 2 unspecified atom stereocenters. The summed E-state index contributed by atoms with van der Waals surface area (Å²) >= 11 is 0. The monoisotopic (exact) mass is 264 g/mol. The molecule has 0 bridgehead atoms. The molecule has 17 heavy (non-hydrogen) atoms. The molecule has 2 aliphatic heterocycles. The summed E-state index contributed by atoms with van der Waals surface area (Å²) in [5, 5.41) is 0. The van der Waals surface area contributed by atoms with Gasteiger partial charge in [-0.2, -0.15) is 17.0 Å². The molecule has 0 N–H and O–H groups in total. The highest BCUT2D eigenvalue weighted by molar-refractivity contribution is 7.86. The molecule has 2 rings (SSSR count). The lowest BCUT2D eigenvalue weighted by atomic mass is 10.3. The number of rotatable bonds is 2. The summed E-state index contributed by atoms with van der Waals surface area (Å²) in [5.41, 5.74) is 0. The molecule has 2 heterocycles. The third-order valence-corrected chi connectivity index (χ3v) is 4.98. The van der Waals surface area contributed by atoms with Crippen LogP contribution in [0.5, 0.6) is 0 Å². The summed E-state index contributed by atoms with van der Waals surface area (Å²) < 4.78 is 38.5. The van der Waals surface area contributed by atoms with Crippen LogP contribution in [0.15, 0.2) is 0 Å². The van der Waals surface area contributed by atoms with Crippen LogP contribution >= 0.6 is 0 Å². The van der Waals surface area contributed by atoms with E-state index in [9.17, 15) is 8.42 Å². The third-order valence-electron chi connectivity index (χ3n) is 3.01. The molecule has 0 aliphatic carbocycles. The Morgan fingerprint density at radius 2 is 1.53 bits per heavy atom. The van der Waals surface area contributed by atoms with E-state index in [2.05, 4.69) is 0 Å². The van der Waals surface area contributed by atoms with Gasteiger partial charge in [-0.3, -0.25) is 0 Å². The van der Waals surface area contributed by atoms with Crippen LogP contribution in [0.3, 0.4) is 0 Å². The lowest BCUT2D eigenvalue weighted by Gasteiger charge is -2.38. The first-order valence-electron chi connectivity index (χ1n) is 5.98. The van der Waals surface area contributed by atoms with Crippen LogP contribution in [0, 0.1) is 0 Å². The summed E-state index contributed by atoms with van der Waals surface area (Å²) in [6, 6.07) is 0. The standard InChI is InChI=1S/C10H20N2O4S/c1-9-7-12(8-10(2)16-9)17(13,14)11-3-5-15-6-4-11/h9-10H,3-8H2,1-2H3. The zero-order valence-corrected chi connectivity index (χ0v) is 11.1. The Morgan fingerprint density at radius 3 is 2.06 bits per heavy atom. The van der Waals surface area contributed by atoms with Gasteiger partial charge in [0.1, 0.15) is 0 Å². The van der Waals surface area contributed by atoms with Gasteiger partial charge in [0.25, 0.3) is 10.2 Å². The number of morpholine rings is 2. The average Bonchev–Trinajstić information content (AvgIpc) is 2.29. The Bertz CT molecular complexity index is 343. The first-order chi connectivity index (χ1) is 8.00. The van der Waals surface area contributed by atoms with Crippen LogP contribution in [0.4, 0.5) is 0 Å². The molecular formula is C10H20N2O4S. The van der Waals surface area contributed by atoms with E-state index in [1.54, 1.807) is 0 Å². The Labute approximate surface area is 103 Å². The molecule has 2 saturated heterocycles. The highest BCUT2D eigenvalue weighted by atomic mass is 32.2. The maximum Gasteiger partial charge on any atom is 0.282 e. The molecule has 0 saturated carbocycles. The molecule has 2 aliphatic rings. The van der Waals surface area contributed by atoms with E-state index >= 15 is 0 Å². The van der Waals surface area contributed by atoms with Gasteiger partial charge in [0.05, 0.1) is 25.4 Å². The second-order valence-electron chi connectivity index (χ2n) is 4.59. The molecular weight excluding hydrogens is 244 g/mol. The lowest BCUT2D eigenvalue weighted by molar-refractivity contribution is -0.0463. The van der Waals surface area contributed by atoms with Crippen molar-refractivity contribution in [3.05, 3.63) is 0 Å². The van der Waals surface area contributed by atoms with Crippen molar-refractivity contribution < 1.29 is 17.9 Å². The van der Waals surface area contributed by atoms with Gasteiger partial charge < -0.3 is 9.47 Å².